The molecule has 318 valence electrons. The number of carbonyl (C=O) groups excluding carboxylic acids is 3. The number of carboxylic acid groups (broad SMARTS) is 1. The van der Waals surface area contributed by atoms with Crippen LogP contribution in [-0.4, -0.2) is 81.0 Å². The van der Waals surface area contributed by atoms with Crippen molar-refractivity contribution in [3.8, 4) is 5.75 Å². The van der Waals surface area contributed by atoms with Gasteiger partial charge in [-0.25, -0.2) is 14.6 Å². The molecular formula is C46H38N6O9S2. The van der Waals surface area contributed by atoms with Crippen molar-refractivity contribution in [3.63, 3.8) is 0 Å². The van der Waals surface area contributed by atoms with Crippen LogP contribution in [0, 0.1) is 0 Å². The number of carboxylic acids is 1. The number of hydrogen-bond donors (Lipinski definition) is 3. The fourth-order valence-corrected chi connectivity index (χ4v) is 9.31. The van der Waals surface area contributed by atoms with Crippen molar-refractivity contribution < 1.29 is 43.1 Å². The summed E-state index contributed by atoms with van der Waals surface area (Å²) >= 11 is 2.59. The number of anilines is 1. The SMILES string of the molecule is CO/N=C(\C(=O)N[C@@H]1C(=O)N2C(C(=O)OCc3ccc(OC)cc3)=C(/C=C/c3cc(C(=O)O)no3)CS[C@H]12)c1csc(NC(c2ccccc2)(c2ccccc2)c2ccccc2)n1. The Morgan fingerprint density at radius 3 is 2.11 bits per heavy atom. The molecule has 6 aromatic rings. The molecule has 17 heteroatoms. The summed E-state index contributed by atoms with van der Waals surface area (Å²) in [7, 11) is 2.85. The van der Waals surface area contributed by atoms with Crippen LogP contribution in [0.1, 0.15) is 44.2 Å². The van der Waals surface area contributed by atoms with Gasteiger partial charge in [0.05, 0.1) is 7.11 Å². The number of thiazole rings is 1. The molecule has 15 nitrogen and oxygen atoms in total. The molecule has 0 spiro atoms. The molecule has 2 aliphatic heterocycles. The van der Waals surface area contributed by atoms with Crippen molar-refractivity contribution in [2.45, 2.75) is 23.6 Å². The van der Waals surface area contributed by atoms with Gasteiger partial charge in [-0.2, -0.15) is 0 Å². The third-order valence-electron chi connectivity index (χ3n) is 10.3. The highest BCUT2D eigenvalue weighted by molar-refractivity contribution is 8.00. The van der Waals surface area contributed by atoms with E-state index in [0.717, 1.165) is 16.7 Å². The summed E-state index contributed by atoms with van der Waals surface area (Å²) in [6.45, 7) is -0.0993. The van der Waals surface area contributed by atoms with E-state index in [1.54, 1.807) is 36.8 Å². The van der Waals surface area contributed by atoms with E-state index in [1.807, 2.05) is 91.0 Å². The second kappa shape index (κ2) is 18.6. The van der Waals surface area contributed by atoms with Gasteiger partial charge >= 0.3 is 11.9 Å². The summed E-state index contributed by atoms with van der Waals surface area (Å²) < 4.78 is 16.0. The van der Waals surface area contributed by atoms with Gasteiger partial charge < -0.3 is 34.6 Å². The minimum Gasteiger partial charge on any atom is -0.497 e. The number of rotatable bonds is 16. The highest BCUT2D eigenvalue weighted by Crippen LogP contribution is 2.43. The number of carbonyl (C=O) groups is 4. The quantitative estimate of drug-likeness (QED) is 0.0306. The molecule has 0 unspecified atom stereocenters. The molecule has 1 fully saturated rings. The standard InChI is InChI=1S/C46H38N6O9S2/c1-58-33-21-18-28(19-22-33)25-60-44(57)39-29(20-23-34-24-35(43(55)56)50-61-34)26-62-42-38(41(54)52(39)42)48-40(53)37(51-59-2)36-27-63-45(47-36)49-46(30-12-6-3-7-13-30,31-14-8-4-9-15-31)32-16-10-5-11-17-32/h3-24,27,38,42H,25-26H2,1-2H3,(H,47,49)(H,48,53)(H,55,56)/b23-20+,51-37-/t38-,42-/m1/s1. The van der Waals surface area contributed by atoms with Gasteiger partial charge in [-0.05, 0) is 46.0 Å². The lowest BCUT2D eigenvalue weighted by Crippen LogP contribution is -2.71. The molecule has 63 heavy (non-hydrogen) atoms. The number of benzene rings is 4. The Labute approximate surface area is 369 Å². The number of thioether (sulfide) groups is 1. The van der Waals surface area contributed by atoms with Crippen molar-refractivity contribution in [3.05, 3.63) is 183 Å². The van der Waals surface area contributed by atoms with Gasteiger partial charge in [0.1, 0.15) is 47.8 Å². The number of amides is 2. The first kappa shape index (κ1) is 42.2. The van der Waals surface area contributed by atoms with Crippen LogP contribution in [-0.2, 0) is 36.1 Å². The zero-order valence-electron chi connectivity index (χ0n) is 33.7. The third kappa shape index (κ3) is 8.69. The van der Waals surface area contributed by atoms with E-state index in [4.69, 9.17) is 23.8 Å². The fourth-order valence-electron chi connectivity index (χ4n) is 7.24. The number of aromatic nitrogens is 2. The van der Waals surface area contributed by atoms with Crippen LogP contribution in [0.4, 0.5) is 5.13 Å². The lowest BCUT2D eigenvalue weighted by Gasteiger charge is -2.49. The lowest BCUT2D eigenvalue weighted by atomic mass is 9.77. The molecule has 0 aliphatic carbocycles. The lowest BCUT2D eigenvalue weighted by molar-refractivity contribution is -0.153. The van der Waals surface area contributed by atoms with Gasteiger partial charge in [-0.3, -0.25) is 14.5 Å². The van der Waals surface area contributed by atoms with E-state index in [0.29, 0.717) is 22.0 Å². The molecule has 8 rings (SSSR count). The van der Waals surface area contributed by atoms with Gasteiger partial charge in [0.2, 0.25) is 0 Å². The Morgan fingerprint density at radius 2 is 1.54 bits per heavy atom. The first-order chi connectivity index (χ1) is 30.7. The van der Waals surface area contributed by atoms with Gasteiger partial charge in [0.25, 0.3) is 11.8 Å². The second-order valence-electron chi connectivity index (χ2n) is 14.0. The van der Waals surface area contributed by atoms with Crippen LogP contribution >= 0.6 is 23.1 Å². The molecule has 0 bridgehead atoms. The van der Waals surface area contributed by atoms with Gasteiger partial charge in [0, 0.05) is 17.2 Å². The monoisotopic (exact) mass is 882 g/mol. The number of β-lactam (4-membered cyclic amide) rings is 1. The van der Waals surface area contributed by atoms with Crippen molar-refractivity contribution >= 4 is 63.8 Å². The van der Waals surface area contributed by atoms with Crippen molar-refractivity contribution in [1.82, 2.24) is 20.4 Å². The Balaban J connectivity index is 1.04. The summed E-state index contributed by atoms with van der Waals surface area (Å²) in [5, 5.41) is 24.8. The number of allylic oxidation sites excluding steroid dienone is 1. The topological polar surface area (TPSA) is 195 Å². The molecule has 4 heterocycles. The average molecular weight is 883 g/mol. The minimum absolute atomic E-state index is 0.0308. The van der Waals surface area contributed by atoms with E-state index >= 15 is 0 Å². The van der Waals surface area contributed by atoms with Crippen molar-refractivity contribution in [2.75, 3.05) is 25.3 Å². The molecule has 0 saturated carbocycles. The van der Waals surface area contributed by atoms with E-state index < -0.39 is 40.7 Å². The Bertz CT molecular complexity index is 2620. The molecule has 2 aromatic heterocycles. The number of fused-ring (bicyclic) bond motifs is 1. The van der Waals surface area contributed by atoms with E-state index in [9.17, 15) is 24.3 Å². The number of oxime groups is 1. The molecule has 2 amide bonds. The van der Waals surface area contributed by atoms with Gasteiger partial charge in [0.15, 0.2) is 22.3 Å². The van der Waals surface area contributed by atoms with Crippen molar-refractivity contribution in [2.24, 2.45) is 5.16 Å². The number of hydrogen-bond acceptors (Lipinski definition) is 14. The first-order valence-electron chi connectivity index (χ1n) is 19.4. The van der Waals surface area contributed by atoms with E-state index in [1.165, 1.54) is 53.3 Å². The minimum atomic E-state index is -1.27. The van der Waals surface area contributed by atoms with Crippen LogP contribution in [0.5, 0.6) is 5.75 Å². The van der Waals surface area contributed by atoms with Crippen LogP contribution in [0.2, 0.25) is 0 Å². The Morgan fingerprint density at radius 1 is 0.905 bits per heavy atom. The van der Waals surface area contributed by atoms with Crippen LogP contribution in [0.15, 0.2) is 154 Å². The molecule has 2 aliphatic rings. The zero-order chi connectivity index (χ0) is 43.9. The molecule has 3 N–H and O–H groups in total. The number of nitrogens with one attached hydrogen (secondary N) is 2. The zero-order valence-corrected chi connectivity index (χ0v) is 35.3. The summed E-state index contributed by atoms with van der Waals surface area (Å²) in [4.78, 5) is 64.5. The fraction of sp³-hybridized carbons (Fsp3) is 0.152. The maximum atomic E-state index is 14.1. The summed E-state index contributed by atoms with van der Waals surface area (Å²) in [6.07, 6.45) is 2.99. The van der Waals surface area contributed by atoms with Gasteiger partial charge in [-0.15, -0.1) is 23.1 Å². The predicted octanol–water partition coefficient (Wildman–Crippen LogP) is 6.70. The maximum absolute atomic E-state index is 14.1. The number of nitrogens with zero attached hydrogens (tertiary/aromatic N) is 4. The van der Waals surface area contributed by atoms with E-state index in [2.05, 4.69) is 20.9 Å². The van der Waals surface area contributed by atoms with Crippen LogP contribution in [0.25, 0.3) is 6.08 Å². The number of ether oxygens (including phenoxy) is 2. The smallest absolute Gasteiger partial charge is 0.358 e. The molecule has 0 radical (unpaired) electrons. The third-order valence-corrected chi connectivity index (χ3v) is 12.3. The largest absolute Gasteiger partial charge is 0.497 e. The Kier molecular flexibility index (Phi) is 12.5. The molecule has 1 saturated heterocycles. The predicted molar refractivity (Wildman–Crippen MR) is 236 cm³/mol. The summed E-state index contributed by atoms with van der Waals surface area (Å²) in [5.41, 5.74) is 2.81. The highest BCUT2D eigenvalue weighted by atomic mass is 32.2. The summed E-state index contributed by atoms with van der Waals surface area (Å²) in [6, 6.07) is 37.1. The van der Waals surface area contributed by atoms with Crippen LogP contribution in [0.3, 0.4) is 0 Å². The molecular weight excluding hydrogens is 845 g/mol. The van der Waals surface area contributed by atoms with Crippen molar-refractivity contribution in [1.29, 1.82) is 0 Å². The number of methoxy groups -OCH3 is 1. The average Bonchev–Trinajstić information content (AvgIpc) is 4.01. The molecule has 2 atom stereocenters. The van der Waals surface area contributed by atoms with E-state index in [-0.39, 0.29) is 40.9 Å². The maximum Gasteiger partial charge on any atom is 0.358 e. The summed E-state index contributed by atoms with van der Waals surface area (Å²) in [5.74, 6) is -2.36. The number of aromatic carboxylic acids is 1. The van der Waals surface area contributed by atoms with Crippen LogP contribution < -0.4 is 15.4 Å². The normalized spacial score (nSPS) is 16.3. The number of esters is 1. The Hall–Kier alpha value is -7.50. The molecule has 4 aromatic carbocycles. The second-order valence-corrected chi connectivity index (χ2v) is 16.0. The van der Waals surface area contributed by atoms with Gasteiger partial charge in [-0.1, -0.05) is 120 Å². The highest BCUT2D eigenvalue weighted by Gasteiger charge is 2.54. The first-order valence-corrected chi connectivity index (χ1v) is 21.3.